The third-order valence-corrected chi connectivity index (χ3v) is 4.14. The molecule has 2 rings (SSSR count). The van der Waals surface area contributed by atoms with Crippen molar-refractivity contribution < 1.29 is 4.79 Å². The van der Waals surface area contributed by atoms with Gasteiger partial charge >= 0.3 is 0 Å². The normalized spacial score (nSPS) is 10.3. The molecule has 0 unspecified atom stereocenters. The van der Waals surface area contributed by atoms with Gasteiger partial charge in [-0.1, -0.05) is 27.5 Å². The fourth-order valence-corrected chi connectivity index (χ4v) is 2.17. The van der Waals surface area contributed by atoms with Gasteiger partial charge in [-0.15, -0.1) is 0 Å². The maximum Gasteiger partial charge on any atom is 0.255 e. The Bertz CT molecular complexity index is 620. The predicted octanol–water partition coefficient (Wildman–Crippen LogP) is 4.37. The second-order valence-electron chi connectivity index (χ2n) is 4.25. The number of nitrogens with one attached hydrogen (secondary N) is 1. The quantitative estimate of drug-likeness (QED) is 0.826. The molecule has 0 aliphatic rings. The number of halogens is 2. The van der Waals surface area contributed by atoms with Crippen LogP contribution in [0.4, 0.5) is 5.69 Å². The number of rotatable bonds is 2. The molecular weight excluding hydrogens is 328 g/mol. The lowest BCUT2D eigenvalue weighted by Crippen LogP contribution is -2.12. The van der Waals surface area contributed by atoms with Crippen LogP contribution in [0.25, 0.3) is 0 Å². The Hall–Kier alpha value is -1.39. The number of hydrogen-bond acceptors (Lipinski definition) is 2. The van der Waals surface area contributed by atoms with Gasteiger partial charge in [0.05, 0.1) is 0 Å². The Labute approximate surface area is 125 Å². The summed E-state index contributed by atoms with van der Waals surface area (Å²) in [5, 5.41) is 3.15. The molecule has 0 radical (unpaired) electrons. The number of aryl methyl sites for hydroxylation is 2. The van der Waals surface area contributed by atoms with Crippen molar-refractivity contribution in [1.29, 1.82) is 0 Å². The van der Waals surface area contributed by atoms with Crippen LogP contribution in [0.3, 0.4) is 0 Å². The highest BCUT2D eigenvalue weighted by Crippen LogP contribution is 2.25. The summed E-state index contributed by atoms with van der Waals surface area (Å²) >= 11 is 9.26. The fraction of sp³-hybridized carbons (Fsp3) is 0.143. The molecule has 0 aliphatic carbocycles. The SMILES string of the molecule is Cc1cc(NC(=O)c2ccnc(Cl)c2)cc(C)c1Br. The van der Waals surface area contributed by atoms with Gasteiger partial charge in [0.1, 0.15) is 5.15 Å². The van der Waals surface area contributed by atoms with E-state index in [0.29, 0.717) is 10.7 Å². The molecule has 0 spiro atoms. The van der Waals surface area contributed by atoms with Gasteiger partial charge < -0.3 is 5.32 Å². The lowest BCUT2D eigenvalue weighted by Gasteiger charge is -2.09. The monoisotopic (exact) mass is 338 g/mol. The van der Waals surface area contributed by atoms with E-state index in [1.54, 1.807) is 6.07 Å². The Morgan fingerprint density at radius 3 is 2.47 bits per heavy atom. The minimum atomic E-state index is -0.203. The standard InChI is InChI=1S/C14H12BrClN2O/c1-8-5-11(6-9(2)13(8)15)18-14(19)10-3-4-17-12(16)7-10/h3-7H,1-2H3,(H,18,19). The van der Waals surface area contributed by atoms with E-state index in [4.69, 9.17) is 11.6 Å². The molecule has 2 aromatic rings. The topological polar surface area (TPSA) is 42.0 Å². The van der Waals surface area contributed by atoms with E-state index in [9.17, 15) is 4.79 Å². The van der Waals surface area contributed by atoms with Crippen LogP contribution in [0, 0.1) is 13.8 Å². The molecule has 1 amide bonds. The third-order valence-electron chi connectivity index (χ3n) is 2.68. The smallest absolute Gasteiger partial charge is 0.255 e. The molecule has 19 heavy (non-hydrogen) atoms. The number of hydrogen-bond donors (Lipinski definition) is 1. The van der Waals surface area contributed by atoms with Crippen LogP contribution in [0.1, 0.15) is 21.5 Å². The molecule has 1 aromatic carbocycles. The zero-order valence-electron chi connectivity index (χ0n) is 10.5. The first-order valence-corrected chi connectivity index (χ1v) is 6.84. The lowest BCUT2D eigenvalue weighted by atomic mass is 10.1. The van der Waals surface area contributed by atoms with Crippen molar-refractivity contribution in [2.75, 3.05) is 5.32 Å². The van der Waals surface area contributed by atoms with Crippen molar-refractivity contribution in [2.45, 2.75) is 13.8 Å². The Morgan fingerprint density at radius 2 is 1.89 bits per heavy atom. The molecule has 0 saturated heterocycles. The van der Waals surface area contributed by atoms with E-state index in [1.165, 1.54) is 12.3 Å². The predicted molar refractivity (Wildman–Crippen MR) is 80.8 cm³/mol. The number of aromatic nitrogens is 1. The Balaban J connectivity index is 2.24. The minimum Gasteiger partial charge on any atom is -0.322 e. The van der Waals surface area contributed by atoms with Crippen LogP contribution < -0.4 is 5.32 Å². The molecule has 0 bridgehead atoms. The maximum absolute atomic E-state index is 12.1. The number of anilines is 1. The second kappa shape index (κ2) is 5.72. The summed E-state index contributed by atoms with van der Waals surface area (Å²) in [5.41, 5.74) is 3.39. The van der Waals surface area contributed by atoms with Crippen LogP contribution in [-0.4, -0.2) is 10.9 Å². The second-order valence-corrected chi connectivity index (χ2v) is 5.43. The van der Waals surface area contributed by atoms with Gasteiger partial charge in [-0.25, -0.2) is 4.98 Å². The van der Waals surface area contributed by atoms with Gasteiger partial charge in [0, 0.05) is 21.9 Å². The van der Waals surface area contributed by atoms with Crippen molar-refractivity contribution in [3.63, 3.8) is 0 Å². The molecule has 0 atom stereocenters. The van der Waals surface area contributed by atoms with Crippen LogP contribution in [0.15, 0.2) is 34.9 Å². The summed E-state index contributed by atoms with van der Waals surface area (Å²) in [4.78, 5) is 15.9. The number of amides is 1. The van der Waals surface area contributed by atoms with E-state index in [-0.39, 0.29) is 5.91 Å². The molecule has 0 fully saturated rings. The molecule has 0 saturated carbocycles. The Kier molecular flexibility index (Phi) is 4.22. The van der Waals surface area contributed by atoms with Gasteiger partial charge in [-0.2, -0.15) is 0 Å². The van der Waals surface area contributed by atoms with E-state index >= 15 is 0 Å². The molecule has 1 heterocycles. The first-order chi connectivity index (χ1) is 8.97. The van der Waals surface area contributed by atoms with Crippen molar-refractivity contribution in [3.8, 4) is 0 Å². The molecule has 0 aliphatic heterocycles. The number of benzene rings is 1. The molecule has 5 heteroatoms. The molecule has 3 nitrogen and oxygen atoms in total. The fourth-order valence-electron chi connectivity index (χ4n) is 1.77. The van der Waals surface area contributed by atoms with Crippen LogP contribution in [-0.2, 0) is 0 Å². The van der Waals surface area contributed by atoms with E-state index in [2.05, 4.69) is 26.2 Å². The highest BCUT2D eigenvalue weighted by molar-refractivity contribution is 9.10. The lowest BCUT2D eigenvalue weighted by molar-refractivity contribution is 0.102. The Morgan fingerprint density at radius 1 is 1.26 bits per heavy atom. The first-order valence-electron chi connectivity index (χ1n) is 5.67. The molecular formula is C14H12BrClN2O. The third kappa shape index (κ3) is 3.33. The van der Waals surface area contributed by atoms with Crippen molar-refractivity contribution in [3.05, 3.63) is 56.8 Å². The maximum atomic E-state index is 12.1. The van der Waals surface area contributed by atoms with Crippen molar-refractivity contribution >= 4 is 39.1 Å². The molecule has 1 aromatic heterocycles. The van der Waals surface area contributed by atoms with E-state index < -0.39 is 0 Å². The van der Waals surface area contributed by atoms with Crippen LogP contribution >= 0.6 is 27.5 Å². The highest BCUT2D eigenvalue weighted by atomic mass is 79.9. The first kappa shape index (κ1) is 14.0. The van der Waals surface area contributed by atoms with Crippen molar-refractivity contribution in [1.82, 2.24) is 4.98 Å². The highest BCUT2D eigenvalue weighted by Gasteiger charge is 2.09. The van der Waals surface area contributed by atoms with Gasteiger partial charge in [0.15, 0.2) is 0 Å². The van der Waals surface area contributed by atoms with Gasteiger partial charge in [-0.3, -0.25) is 4.79 Å². The summed E-state index contributed by atoms with van der Waals surface area (Å²) in [6, 6.07) is 6.99. The summed E-state index contributed by atoms with van der Waals surface area (Å²) in [6.45, 7) is 3.96. The van der Waals surface area contributed by atoms with Gasteiger partial charge in [0.2, 0.25) is 0 Å². The number of carbonyl (C=O) groups is 1. The van der Waals surface area contributed by atoms with Gasteiger partial charge in [-0.05, 0) is 49.2 Å². The largest absolute Gasteiger partial charge is 0.322 e. The average molecular weight is 340 g/mol. The van der Waals surface area contributed by atoms with Crippen molar-refractivity contribution in [2.24, 2.45) is 0 Å². The summed E-state index contributed by atoms with van der Waals surface area (Å²) in [6.07, 6.45) is 1.51. The summed E-state index contributed by atoms with van der Waals surface area (Å²) in [7, 11) is 0. The summed E-state index contributed by atoms with van der Waals surface area (Å²) in [5.74, 6) is -0.203. The van der Waals surface area contributed by atoms with Gasteiger partial charge in [0.25, 0.3) is 5.91 Å². The zero-order chi connectivity index (χ0) is 14.0. The number of pyridine rings is 1. The van der Waals surface area contributed by atoms with E-state index in [0.717, 1.165) is 21.3 Å². The minimum absolute atomic E-state index is 0.203. The number of nitrogens with zero attached hydrogens (tertiary/aromatic N) is 1. The molecule has 1 N–H and O–H groups in total. The van der Waals surface area contributed by atoms with Crippen LogP contribution in [0.5, 0.6) is 0 Å². The van der Waals surface area contributed by atoms with Crippen LogP contribution in [0.2, 0.25) is 5.15 Å². The molecule has 98 valence electrons. The zero-order valence-corrected chi connectivity index (χ0v) is 12.8. The van der Waals surface area contributed by atoms with E-state index in [1.807, 2.05) is 26.0 Å². The number of carbonyl (C=O) groups excluding carboxylic acids is 1. The summed E-state index contributed by atoms with van der Waals surface area (Å²) < 4.78 is 1.05. The average Bonchev–Trinajstić information content (AvgIpc) is 2.36.